The molecule has 0 saturated heterocycles. The molecule has 20 heavy (non-hydrogen) atoms. The molecule has 0 radical (unpaired) electrons. The topological polar surface area (TPSA) is 61.5 Å². The van der Waals surface area contributed by atoms with Crippen molar-refractivity contribution in [2.45, 2.75) is 19.4 Å². The molecule has 0 saturated carbocycles. The predicted octanol–water partition coefficient (Wildman–Crippen LogP) is 2.26. The van der Waals surface area contributed by atoms with Gasteiger partial charge in [0, 0.05) is 6.42 Å². The summed E-state index contributed by atoms with van der Waals surface area (Å²) in [4.78, 5) is 0.791. The molecular formula is C13H12N4O2S. The summed E-state index contributed by atoms with van der Waals surface area (Å²) in [6.45, 7) is 2.49. The van der Waals surface area contributed by atoms with Crippen molar-refractivity contribution in [3.63, 3.8) is 0 Å². The van der Waals surface area contributed by atoms with Gasteiger partial charge in [-0.2, -0.15) is 9.61 Å². The predicted molar refractivity (Wildman–Crippen MR) is 73.3 cm³/mol. The quantitative estimate of drug-likeness (QED) is 0.724. The zero-order chi connectivity index (χ0) is 13.5. The number of ether oxygens (including phenoxy) is 2. The molecule has 4 rings (SSSR count). The summed E-state index contributed by atoms with van der Waals surface area (Å²) < 4.78 is 13.4. The lowest BCUT2D eigenvalue weighted by Crippen LogP contribution is -2.21. The van der Waals surface area contributed by atoms with E-state index in [2.05, 4.69) is 15.3 Å². The normalized spacial score (nSPS) is 17.6. The number of benzene rings is 1. The highest BCUT2D eigenvalue weighted by molar-refractivity contribution is 7.16. The maximum atomic E-state index is 5.95. The second kappa shape index (κ2) is 4.45. The highest BCUT2D eigenvalue weighted by Crippen LogP contribution is 2.36. The van der Waals surface area contributed by atoms with Gasteiger partial charge in [0.1, 0.15) is 6.61 Å². The molecule has 1 atom stereocenters. The van der Waals surface area contributed by atoms with Gasteiger partial charge in [-0.25, -0.2) is 0 Å². The third-order valence-corrected chi connectivity index (χ3v) is 4.16. The van der Waals surface area contributed by atoms with Gasteiger partial charge in [0.2, 0.25) is 4.96 Å². The fraction of sp³-hybridized carbons (Fsp3) is 0.308. The van der Waals surface area contributed by atoms with Crippen molar-refractivity contribution in [3.8, 4) is 11.5 Å². The molecule has 6 nitrogen and oxygen atoms in total. The fourth-order valence-electron chi connectivity index (χ4n) is 2.16. The van der Waals surface area contributed by atoms with Crippen molar-refractivity contribution in [1.29, 1.82) is 0 Å². The van der Waals surface area contributed by atoms with E-state index >= 15 is 0 Å². The average Bonchev–Trinajstić information content (AvgIpc) is 3.06. The van der Waals surface area contributed by atoms with Crippen molar-refractivity contribution in [2.24, 2.45) is 0 Å². The van der Waals surface area contributed by atoms with Crippen LogP contribution in [-0.2, 0) is 6.42 Å². The maximum Gasteiger partial charge on any atom is 0.234 e. The summed E-state index contributed by atoms with van der Waals surface area (Å²) >= 11 is 1.49. The maximum absolute atomic E-state index is 5.95. The molecule has 7 heteroatoms. The van der Waals surface area contributed by atoms with Gasteiger partial charge in [0.05, 0.1) is 0 Å². The molecule has 1 aromatic carbocycles. The van der Waals surface area contributed by atoms with Gasteiger partial charge in [-0.3, -0.25) is 0 Å². The molecule has 102 valence electrons. The monoisotopic (exact) mass is 288 g/mol. The Morgan fingerprint density at radius 3 is 3.00 bits per heavy atom. The number of aromatic nitrogens is 4. The van der Waals surface area contributed by atoms with Crippen molar-refractivity contribution in [1.82, 2.24) is 19.8 Å². The molecule has 1 aliphatic heterocycles. The zero-order valence-electron chi connectivity index (χ0n) is 10.8. The van der Waals surface area contributed by atoms with Crippen LogP contribution in [-0.4, -0.2) is 26.4 Å². The van der Waals surface area contributed by atoms with Crippen LogP contribution in [0.15, 0.2) is 24.3 Å². The molecule has 0 aliphatic carbocycles. The van der Waals surface area contributed by atoms with Crippen LogP contribution in [0.2, 0.25) is 0 Å². The molecule has 0 spiro atoms. The molecule has 0 amide bonds. The van der Waals surface area contributed by atoms with Crippen LogP contribution in [0.5, 0.6) is 11.5 Å². The van der Waals surface area contributed by atoms with Crippen molar-refractivity contribution < 1.29 is 9.47 Å². The van der Waals surface area contributed by atoms with Gasteiger partial charge < -0.3 is 9.47 Å². The molecule has 3 aromatic rings. The van der Waals surface area contributed by atoms with Crippen LogP contribution in [0.4, 0.5) is 0 Å². The highest BCUT2D eigenvalue weighted by atomic mass is 32.1. The van der Waals surface area contributed by atoms with Gasteiger partial charge in [-0.15, -0.1) is 10.2 Å². The Balaban J connectivity index is 1.68. The van der Waals surface area contributed by atoms with Crippen molar-refractivity contribution in [3.05, 3.63) is 35.1 Å². The van der Waals surface area contributed by atoms with Crippen molar-refractivity contribution in [2.75, 3.05) is 6.61 Å². The van der Waals surface area contributed by atoms with E-state index < -0.39 is 0 Å². The molecule has 0 bridgehead atoms. The van der Waals surface area contributed by atoms with Gasteiger partial charge in [0.15, 0.2) is 28.4 Å². The lowest BCUT2D eigenvalue weighted by Gasteiger charge is -2.24. The number of hydrogen-bond donors (Lipinski definition) is 0. The lowest BCUT2D eigenvalue weighted by molar-refractivity contribution is 0.0904. The second-order valence-corrected chi connectivity index (χ2v) is 5.46. The Hall–Kier alpha value is -2.15. The molecule has 2 aromatic heterocycles. The summed E-state index contributed by atoms with van der Waals surface area (Å²) in [5, 5.41) is 13.6. The number of fused-ring (bicyclic) bond motifs is 2. The smallest absolute Gasteiger partial charge is 0.234 e. The largest absolute Gasteiger partial charge is 0.485 e. The molecule has 1 aliphatic rings. The van der Waals surface area contributed by atoms with E-state index in [-0.39, 0.29) is 6.10 Å². The standard InChI is InChI=1S/C13H12N4O2S/c1-2-11-14-15-13-17(11)16-12(20-13)10-7-18-8-5-3-4-6-9(8)19-10/h3-6,10H,2,7H2,1H3/t10-/m1/s1. The summed E-state index contributed by atoms with van der Waals surface area (Å²) in [6, 6.07) is 7.66. The minimum Gasteiger partial charge on any atom is -0.485 e. The third kappa shape index (κ3) is 1.74. The Morgan fingerprint density at radius 1 is 1.30 bits per heavy atom. The van der Waals surface area contributed by atoms with Crippen LogP contribution >= 0.6 is 11.3 Å². The molecular weight excluding hydrogens is 276 g/mol. The zero-order valence-corrected chi connectivity index (χ0v) is 11.6. The first kappa shape index (κ1) is 11.7. The van der Waals surface area contributed by atoms with Crippen LogP contribution in [0.3, 0.4) is 0 Å². The summed E-state index contributed by atoms with van der Waals surface area (Å²) in [5.41, 5.74) is 0. The number of nitrogens with zero attached hydrogens (tertiary/aromatic N) is 4. The molecule has 3 heterocycles. The van der Waals surface area contributed by atoms with Crippen LogP contribution < -0.4 is 9.47 Å². The van der Waals surface area contributed by atoms with Gasteiger partial charge >= 0.3 is 0 Å². The Labute approximate surface area is 119 Å². The summed E-state index contributed by atoms with van der Waals surface area (Å²) in [6.07, 6.45) is 0.608. The number of hydrogen-bond acceptors (Lipinski definition) is 6. The summed E-state index contributed by atoms with van der Waals surface area (Å²) in [5.74, 6) is 2.39. The van der Waals surface area contributed by atoms with Gasteiger partial charge in [-0.1, -0.05) is 30.4 Å². The summed E-state index contributed by atoms with van der Waals surface area (Å²) in [7, 11) is 0. The first-order chi connectivity index (χ1) is 9.85. The SMILES string of the molecule is CCc1nnc2sc([C@H]3COc4ccccc4O3)nn12. The fourth-order valence-corrected chi connectivity index (χ4v) is 3.04. The van der Waals surface area contributed by atoms with Crippen LogP contribution in [0.1, 0.15) is 23.9 Å². The van der Waals surface area contributed by atoms with E-state index in [4.69, 9.17) is 9.47 Å². The molecule has 0 N–H and O–H groups in total. The third-order valence-electron chi connectivity index (χ3n) is 3.17. The van der Waals surface area contributed by atoms with Gasteiger partial charge in [-0.05, 0) is 12.1 Å². The average molecular weight is 288 g/mol. The number of aryl methyl sites for hydroxylation is 1. The Kier molecular flexibility index (Phi) is 2.59. The van der Waals surface area contributed by atoms with Crippen molar-refractivity contribution >= 4 is 16.3 Å². The molecule has 0 unspecified atom stereocenters. The van der Waals surface area contributed by atoms with E-state index in [1.807, 2.05) is 31.2 Å². The number of rotatable bonds is 2. The minimum atomic E-state index is -0.193. The van der Waals surface area contributed by atoms with E-state index in [0.29, 0.717) is 6.61 Å². The van der Waals surface area contributed by atoms with Crippen LogP contribution in [0, 0.1) is 0 Å². The Bertz CT molecular complexity index is 767. The highest BCUT2D eigenvalue weighted by Gasteiger charge is 2.26. The number of para-hydroxylation sites is 2. The first-order valence-electron chi connectivity index (χ1n) is 6.44. The van der Waals surface area contributed by atoms with E-state index in [9.17, 15) is 0 Å². The molecule has 0 fully saturated rings. The Morgan fingerprint density at radius 2 is 2.15 bits per heavy atom. The second-order valence-electron chi connectivity index (χ2n) is 4.47. The van der Waals surface area contributed by atoms with E-state index in [1.165, 1.54) is 11.3 Å². The first-order valence-corrected chi connectivity index (χ1v) is 7.26. The van der Waals surface area contributed by atoms with Gasteiger partial charge in [0.25, 0.3) is 0 Å². The van der Waals surface area contributed by atoms with E-state index in [0.717, 1.165) is 33.7 Å². The minimum absolute atomic E-state index is 0.193. The van der Waals surface area contributed by atoms with E-state index in [1.54, 1.807) is 4.52 Å². The van der Waals surface area contributed by atoms with Crippen LogP contribution in [0.25, 0.3) is 4.96 Å². The lowest BCUT2D eigenvalue weighted by atomic mass is 10.3.